The van der Waals surface area contributed by atoms with Crippen LogP contribution in [0.3, 0.4) is 0 Å². The summed E-state index contributed by atoms with van der Waals surface area (Å²) in [6.45, 7) is 0.405. The molecule has 0 aromatic carbocycles. The fourth-order valence-electron chi connectivity index (χ4n) is 2.56. The van der Waals surface area contributed by atoms with E-state index in [1.165, 1.54) is 4.90 Å². The molecule has 3 aliphatic rings. The molecule has 3 aliphatic heterocycles. The number of hydrogen-bond acceptors (Lipinski definition) is 5. The number of carbonyl (C=O) groups excluding carboxylic acids is 1. The van der Waals surface area contributed by atoms with Crippen molar-refractivity contribution in [3.05, 3.63) is 23.4 Å². The van der Waals surface area contributed by atoms with E-state index in [0.717, 1.165) is 17.6 Å². The maximum absolute atomic E-state index is 11.4. The third kappa shape index (κ3) is 1.58. The summed E-state index contributed by atoms with van der Waals surface area (Å²) < 4.78 is 0. The molecule has 2 atom stereocenters. The minimum absolute atomic E-state index is 0.0831. The van der Waals surface area contributed by atoms with Crippen molar-refractivity contribution in [3.8, 4) is 6.19 Å². The summed E-state index contributed by atoms with van der Waals surface area (Å²) >= 11 is 0. The topological polar surface area (TPSA) is 68.5 Å². The lowest BCUT2D eigenvalue weighted by Gasteiger charge is -2.39. The van der Waals surface area contributed by atoms with Gasteiger partial charge in [0.25, 0.3) is 0 Å². The van der Waals surface area contributed by atoms with Crippen molar-refractivity contribution in [1.82, 2.24) is 10.2 Å². The van der Waals surface area contributed by atoms with Crippen molar-refractivity contribution in [2.45, 2.75) is 25.0 Å². The largest absolute Gasteiger partial charge is 0.300 e. The Balaban J connectivity index is 2.03. The minimum Gasteiger partial charge on any atom is -0.300 e. The first-order chi connectivity index (χ1) is 8.29. The van der Waals surface area contributed by atoms with Crippen molar-refractivity contribution in [2.75, 3.05) is 6.54 Å². The number of Topliss-reactive ketones (excluding diaryl/α,β-unsaturated/α-hetero) is 1. The molecular formula is C12H12N4O. The average Bonchev–Trinajstić information content (AvgIpc) is 2.37. The highest BCUT2D eigenvalue weighted by Crippen LogP contribution is 2.32. The van der Waals surface area contributed by atoms with Gasteiger partial charge in [-0.1, -0.05) is 6.08 Å². The van der Waals surface area contributed by atoms with Gasteiger partial charge in [0.1, 0.15) is 0 Å². The molecule has 0 aromatic rings. The van der Waals surface area contributed by atoms with E-state index in [9.17, 15) is 4.79 Å². The first-order valence-corrected chi connectivity index (χ1v) is 5.65. The van der Waals surface area contributed by atoms with Crippen LogP contribution < -0.4 is 5.32 Å². The highest BCUT2D eigenvalue weighted by molar-refractivity contribution is 5.85. The van der Waals surface area contributed by atoms with Crippen LogP contribution >= 0.6 is 0 Å². The summed E-state index contributed by atoms with van der Waals surface area (Å²) in [5, 5.41) is 12.3. The van der Waals surface area contributed by atoms with Crippen molar-refractivity contribution in [3.63, 3.8) is 0 Å². The van der Waals surface area contributed by atoms with Crippen LogP contribution in [0.2, 0.25) is 0 Å². The lowest BCUT2D eigenvalue weighted by Crippen LogP contribution is -2.50. The van der Waals surface area contributed by atoms with E-state index in [2.05, 4.69) is 22.6 Å². The molecule has 5 heteroatoms. The van der Waals surface area contributed by atoms with Gasteiger partial charge in [-0.2, -0.15) is 5.26 Å². The third-order valence-electron chi connectivity index (χ3n) is 3.30. The highest BCUT2D eigenvalue weighted by atomic mass is 16.1. The molecule has 3 rings (SSSR count). The molecule has 0 spiro atoms. The molecule has 0 amide bonds. The molecule has 3 heterocycles. The second kappa shape index (κ2) is 3.82. The number of hydrogen-bond donors (Lipinski definition) is 1. The van der Waals surface area contributed by atoms with Crippen LogP contribution in [0.4, 0.5) is 0 Å². The van der Waals surface area contributed by atoms with Gasteiger partial charge in [0.15, 0.2) is 18.1 Å². The maximum atomic E-state index is 11.4. The van der Waals surface area contributed by atoms with Gasteiger partial charge in [0.2, 0.25) is 0 Å². The van der Waals surface area contributed by atoms with E-state index < -0.39 is 0 Å². The van der Waals surface area contributed by atoms with Gasteiger partial charge >= 0.3 is 0 Å². The van der Waals surface area contributed by atoms with Crippen LogP contribution in [0, 0.1) is 11.5 Å². The van der Waals surface area contributed by atoms with Crippen molar-refractivity contribution < 1.29 is 4.79 Å². The number of ketones is 1. The fraction of sp³-hybridized carbons (Fsp3) is 0.417. The number of allylic oxidation sites excluding steroid dienone is 1. The molecule has 0 aromatic heterocycles. The van der Waals surface area contributed by atoms with Crippen LogP contribution in [0.5, 0.6) is 0 Å². The molecule has 0 bridgehead atoms. The molecule has 17 heavy (non-hydrogen) atoms. The number of carbonyl (C=O) groups is 1. The molecule has 0 aliphatic carbocycles. The Morgan fingerprint density at radius 1 is 1.59 bits per heavy atom. The third-order valence-corrected chi connectivity index (χ3v) is 3.30. The number of nitriles is 1. The van der Waals surface area contributed by atoms with Crippen molar-refractivity contribution in [1.29, 1.82) is 5.26 Å². The Morgan fingerprint density at radius 2 is 2.47 bits per heavy atom. The minimum atomic E-state index is -0.219. The summed E-state index contributed by atoms with van der Waals surface area (Å²) in [5.74, 6) is 0.170. The zero-order valence-corrected chi connectivity index (χ0v) is 9.26. The molecule has 1 saturated heterocycles. The summed E-state index contributed by atoms with van der Waals surface area (Å²) in [4.78, 5) is 17.3. The quantitative estimate of drug-likeness (QED) is 0.479. The van der Waals surface area contributed by atoms with Crippen LogP contribution in [-0.2, 0) is 4.79 Å². The van der Waals surface area contributed by atoms with Gasteiger partial charge in [-0.15, -0.1) is 0 Å². The monoisotopic (exact) mass is 228 g/mol. The molecule has 2 unspecified atom stereocenters. The summed E-state index contributed by atoms with van der Waals surface area (Å²) in [5.41, 5.74) is 2.07. The zero-order chi connectivity index (χ0) is 11.8. The van der Waals surface area contributed by atoms with Crippen LogP contribution in [-0.4, -0.2) is 35.7 Å². The van der Waals surface area contributed by atoms with Gasteiger partial charge in [-0.05, 0) is 11.1 Å². The average molecular weight is 228 g/mol. The SMILES string of the molecule is N#CN1C=C2CC(=O)CNC2C2=CCC=NC21. The van der Waals surface area contributed by atoms with Crippen molar-refractivity contribution >= 4 is 12.0 Å². The predicted octanol–water partition coefficient (Wildman–Crippen LogP) is 0.325. The molecule has 0 saturated carbocycles. The summed E-state index contributed by atoms with van der Waals surface area (Å²) in [6, 6.07) is 0.0831. The van der Waals surface area contributed by atoms with Crippen LogP contribution in [0.15, 0.2) is 28.4 Å². The smallest absolute Gasteiger partial charge is 0.185 e. The Hall–Kier alpha value is -1.93. The Morgan fingerprint density at radius 3 is 3.29 bits per heavy atom. The summed E-state index contributed by atoms with van der Waals surface area (Å²) in [6.07, 6.45) is 8.81. The van der Waals surface area contributed by atoms with E-state index in [-0.39, 0.29) is 18.0 Å². The molecule has 1 N–H and O–H groups in total. The second-order valence-corrected chi connectivity index (χ2v) is 4.39. The zero-order valence-electron chi connectivity index (χ0n) is 9.26. The van der Waals surface area contributed by atoms with Crippen LogP contribution in [0.25, 0.3) is 0 Å². The number of nitrogens with zero attached hydrogens (tertiary/aromatic N) is 3. The number of nitrogens with one attached hydrogen (secondary N) is 1. The number of rotatable bonds is 0. The first-order valence-electron chi connectivity index (χ1n) is 5.65. The van der Waals surface area contributed by atoms with E-state index >= 15 is 0 Å². The number of piperidine rings is 1. The van der Waals surface area contributed by atoms with E-state index in [1.807, 2.05) is 6.21 Å². The highest BCUT2D eigenvalue weighted by Gasteiger charge is 2.37. The van der Waals surface area contributed by atoms with Crippen LogP contribution in [0.1, 0.15) is 12.8 Å². The first kappa shape index (κ1) is 10.2. The standard InChI is InChI=1S/C12H12N4O/c13-7-16-6-8-4-9(17)5-15-11(8)10-2-1-3-14-12(10)16/h2-3,6,11-12,15H,1,4-5H2. The molecular weight excluding hydrogens is 216 g/mol. The lowest BCUT2D eigenvalue weighted by atomic mass is 9.86. The molecule has 1 fully saturated rings. The van der Waals surface area contributed by atoms with E-state index in [1.54, 1.807) is 6.20 Å². The van der Waals surface area contributed by atoms with Gasteiger partial charge in [0, 0.05) is 25.3 Å². The Kier molecular flexibility index (Phi) is 2.30. The predicted molar refractivity (Wildman–Crippen MR) is 61.9 cm³/mol. The molecule has 0 radical (unpaired) electrons. The van der Waals surface area contributed by atoms with Gasteiger partial charge in [0.05, 0.1) is 12.6 Å². The van der Waals surface area contributed by atoms with Crippen molar-refractivity contribution in [2.24, 2.45) is 4.99 Å². The summed E-state index contributed by atoms with van der Waals surface area (Å²) in [7, 11) is 0. The van der Waals surface area contributed by atoms with E-state index in [4.69, 9.17) is 5.26 Å². The Labute approximate surface area is 99.1 Å². The van der Waals surface area contributed by atoms with E-state index in [0.29, 0.717) is 13.0 Å². The van der Waals surface area contributed by atoms with Gasteiger partial charge in [-0.3, -0.25) is 20.0 Å². The second-order valence-electron chi connectivity index (χ2n) is 4.39. The molecule has 86 valence electrons. The number of dihydropyridines is 1. The fourth-order valence-corrected chi connectivity index (χ4v) is 2.56. The van der Waals surface area contributed by atoms with Gasteiger partial charge in [-0.25, -0.2) is 0 Å². The maximum Gasteiger partial charge on any atom is 0.185 e. The van der Waals surface area contributed by atoms with Gasteiger partial charge < -0.3 is 0 Å². The molecule has 5 nitrogen and oxygen atoms in total. The number of aliphatic imine (C=N–C) groups is 1. The normalized spacial score (nSPS) is 31.0. The Bertz CT molecular complexity index is 497. The lowest BCUT2D eigenvalue weighted by molar-refractivity contribution is -0.118. The number of fused-ring (bicyclic) bond motifs is 3.